The van der Waals surface area contributed by atoms with Crippen molar-refractivity contribution in [1.82, 2.24) is 4.90 Å². The zero-order valence-corrected chi connectivity index (χ0v) is 21.2. The first kappa shape index (κ1) is 25.2. The summed E-state index contributed by atoms with van der Waals surface area (Å²) in [6.45, 7) is 8.19. The minimum absolute atomic E-state index is 0.0801. The Morgan fingerprint density at radius 2 is 1.89 bits per heavy atom. The zero-order valence-electron chi connectivity index (χ0n) is 20.5. The number of furan rings is 1. The number of allylic oxidation sites excluding steroid dienone is 1. The summed E-state index contributed by atoms with van der Waals surface area (Å²) in [5, 5.41) is 13.8. The second-order valence-corrected chi connectivity index (χ2v) is 10.4. The number of halogens is 1. The van der Waals surface area contributed by atoms with E-state index in [-0.39, 0.29) is 41.8 Å². The molecule has 1 aliphatic heterocycles. The standard InChI is InChI=1S/C26H28ClN5O4/c1-13-5-8-18(36-13)24(26(2,3)4)31-21-20(22(33)23(21)34)30-17-7-6-16(27)15-12-32(25(35)19(15)17)11-14(29)9-10-28/h5-10,24,28,30-31H,11-12,29H2,1-4H3/b14-9-,28-10?/t24-/m0/s1. The molecule has 1 atom stereocenters. The average Bonchev–Trinajstić information content (AvgIpc) is 3.37. The molecule has 0 radical (unpaired) electrons. The minimum atomic E-state index is -0.676. The molecule has 0 fully saturated rings. The normalized spacial score (nSPS) is 14.8. The zero-order chi connectivity index (χ0) is 26.4. The Kier molecular flexibility index (Phi) is 6.53. The van der Waals surface area contributed by atoms with Crippen LogP contribution in [0.3, 0.4) is 0 Å². The number of benzene rings is 1. The monoisotopic (exact) mass is 509 g/mol. The summed E-state index contributed by atoms with van der Waals surface area (Å²) in [5.41, 5.74) is 6.09. The van der Waals surface area contributed by atoms with Gasteiger partial charge in [-0.15, -0.1) is 0 Å². The van der Waals surface area contributed by atoms with Crippen LogP contribution in [0.2, 0.25) is 5.02 Å². The van der Waals surface area contributed by atoms with Gasteiger partial charge in [-0.25, -0.2) is 0 Å². The van der Waals surface area contributed by atoms with E-state index >= 15 is 0 Å². The fourth-order valence-corrected chi connectivity index (χ4v) is 4.52. The van der Waals surface area contributed by atoms with Gasteiger partial charge in [0.05, 0.1) is 23.8 Å². The van der Waals surface area contributed by atoms with Gasteiger partial charge in [0.15, 0.2) is 0 Å². The molecule has 2 aromatic carbocycles. The first-order valence-corrected chi connectivity index (χ1v) is 11.8. The number of carbonyl (C=O) groups excluding carboxylic acids is 1. The third-order valence-corrected chi connectivity index (χ3v) is 6.50. The van der Waals surface area contributed by atoms with Crippen LogP contribution < -0.4 is 27.2 Å². The van der Waals surface area contributed by atoms with Gasteiger partial charge < -0.3 is 31.1 Å². The molecule has 1 aliphatic rings. The number of amides is 1. The summed E-state index contributed by atoms with van der Waals surface area (Å²) in [6.07, 6.45) is 2.46. The Bertz CT molecular complexity index is 1460. The molecule has 9 nitrogen and oxygen atoms in total. The Balaban J connectivity index is 1.67. The Morgan fingerprint density at radius 1 is 1.19 bits per heavy atom. The highest BCUT2D eigenvalue weighted by Gasteiger charge is 2.35. The molecular formula is C26H28ClN5O4. The summed E-state index contributed by atoms with van der Waals surface area (Å²) in [5.74, 6) is 1.07. The van der Waals surface area contributed by atoms with Gasteiger partial charge in [-0.3, -0.25) is 14.4 Å². The second kappa shape index (κ2) is 9.31. The predicted molar refractivity (Wildman–Crippen MR) is 141 cm³/mol. The van der Waals surface area contributed by atoms with Crippen molar-refractivity contribution >= 4 is 40.8 Å². The van der Waals surface area contributed by atoms with Crippen molar-refractivity contribution in [3.8, 4) is 0 Å². The second-order valence-electron chi connectivity index (χ2n) is 9.94. The van der Waals surface area contributed by atoms with E-state index in [0.29, 0.717) is 33.3 Å². The summed E-state index contributed by atoms with van der Waals surface area (Å²) in [4.78, 5) is 39.9. The lowest BCUT2D eigenvalue weighted by molar-refractivity contribution is 0.0792. The van der Waals surface area contributed by atoms with Crippen LogP contribution >= 0.6 is 11.6 Å². The highest BCUT2D eigenvalue weighted by Crippen LogP contribution is 2.39. The lowest BCUT2D eigenvalue weighted by atomic mass is 9.85. The van der Waals surface area contributed by atoms with E-state index in [1.54, 1.807) is 12.1 Å². The number of nitrogens with one attached hydrogen (secondary N) is 3. The Hall–Kier alpha value is -3.85. The highest BCUT2D eigenvalue weighted by molar-refractivity contribution is 6.32. The van der Waals surface area contributed by atoms with Gasteiger partial charge in [0.25, 0.3) is 16.8 Å². The van der Waals surface area contributed by atoms with Crippen LogP contribution in [0.4, 0.5) is 17.1 Å². The highest BCUT2D eigenvalue weighted by atomic mass is 35.5. The summed E-state index contributed by atoms with van der Waals surface area (Å²) < 4.78 is 5.81. The number of rotatable bonds is 8. The predicted octanol–water partition coefficient (Wildman–Crippen LogP) is 4.23. The maximum atomic E-state index is 13.2. The Morgan fingerprint density at radius 3 is 2.50 bits per heavy atom. The van der Waals surface area contributed by atoms with Crippen LogP contribution in [0.5, 0.6) is 0 Å². The van der Waals surface area contributed by atoms with Crippen molar-refractivity contribution in [1.29, 1.82) is 5.41 Å². The molecule has 0 spiro atoms. The smallest absolute Gasteiger partial charge is 0.257 e. The van der Waals surface area contributed by atoms with Gasteiger partial charge >= 0.3 is 0 Å². The van der Waals surface area contributed by atoms with E-state index in [4.69, 9.17) is 27.2 Å². The molecule has 1 aromatic heterocycles. The van der Waals surface area contributed by atoms with E-state index in [9.17, 15) is 14.4 Å². The fourth-order valence-electron chi connectivity index (χ4n) is 4.30. The third kappa shape index (κ3) is 4.54. The van der Waals surface area contributed by atoms with Gasteiger partial charge in [-0.05, 0) is 42.7 Å². The van der Waals surface area contributed by atoms with Crippen LogP contribution in [-0.4, -0.2) is 23.6 Å². The molecule has 188 valence electrons. The largest absolute Gasteiger partial charge is 0.464 e. The molecule has 5 N–H and O–H groups in total. The molecule has 0 bridgehead atoms. The van der Waals surface area contributed by atoms with E-state index in [1.165, 1.54) is 11.0 Å². The lowest BCUT2D eigenvalue weighted by Gasteiger charge is -2.31. The molecule has 0 saturated carbocycles. The maximum absolute atomic E-state index is 13.2. The molecule has 0 saturated heterocycles. The molecular weight excluding hydrogens is 482 g/mol. The van der Waals surface area contributed by atoms with Gasteiger partial charge in [0, 0.05) is 29.0 Å². The number of nitrogens with two attached hydrogens (primary N) is 1. The minimum Gasteiger partial charge on any atom is -0.464 e. The average molecular weight is 510 g/mol. The SMILES string of the molecule is Cc1ccc([C@H](Nc2c(Nc3ccc(Cl)c4c3C(=O)N(C/C(N)=C/C=N)C4)c(=O)c2=O)C(C)(C)C)o1. The Labute approximate surface area is 213 Å². The molecule has 36 heavy (non-hydrogen) atoms. The topological polar surface area (TPSA) is 142 Å². The van der Waals surface area contributed by atoms with Crippen molar-refractivity contribution in [3.05, 3.63) is 84.2 Å². The molecule has 4 rings (SSSR count). The van der Waals surface area contributed by atoms with E-state index in [2.05, 4.69) is 10.6 Å². The molecule has 0 aliphatic carbocycles. The molecule has 2 heterocycles. The summed E-state index contributed by atoms with van der Waals surface area (Å²) in [6, 6.07) is 6.55. The molecule has 3 aromatic rings. The van der Waals surface area contributed by atoms with Crippen LogP contribution in [0.15, 0.2) is 50.0 Å². The third-order valence-electron chi connectivity index (χ3n) is 6.15. The van der Waals surface area contributed by atoms with E-state index in [1.807, 2.05) is 39.8 Å². The van der Waals surface area contributed by atoms with Crippen molar-refractivity contribution in [2.24, 2.45) is 11.1 Å². The van der Waals surface area contributed by atoms with E-state index in [0.717, 1.165) is 12.0 Å². The first-order valence-electron chi connectivity index (χ1n) is 11.4. The lowest BCUT2D eigenvalue weighted by Crippen LogP contribution is -2.39. The molecule has 1 amide bonds. The van der Waals surface area contributed by atoms with Gasteiger partial charge in [-0.1, -0.05) is 32.4 Å². The van der Waals surface area contributed by atoms with Gasteiger partial charge in [0.1, 0.15) is 22.9 Å². The van der Waals surface area contributed by atoms with Crippen molar-refractivity contribution < 1.29 is 9.21 Å². The number of carbonyl (C=O) groups is 1. The number of hydrogen-bond donors (Lipinski definition) is 4. The van der Waals surface area contributed by atoms with Gasteiger partial charge in [-0.2, -0.15) is 0 Å². The maximum Gasteiger partial charge on any atom is 0.257 e. The number of nitrogens with zero attached hydrogens (tertiary/aromatic N) is 1. The van der Waals surface area contributed by atoms with Crippen molar-refractivity contribution in [2.75, 3.05) is 17.2 Å². The van der Waals surface area contributed by atoms with Gasteiger partial charge in [0.2, 0.25) is 0 Å². The molecule has 0 unspecified atom stereocenters. The quantitative estimate of drug-likeness (QED) is 0.263. The van der Waals surface area contributed by atoms with Crippen LogP contribution in [0.25, 0.3) is 0 Å². The molecule has 10 heteroatoms. The number of fused-ring (bicyclic) bond motifs is 1. The van der Waals surface area contributed by atoms with Crippen LogP contribution in [0, 0.1) is 17.7 Å². The number of hydrogen-bond acceptors (Lipinski definition) is 8. The summed E-state index contributed by atoms with van der Waals surface area (Å²) in [7, 11) is 0. The fraction of sp³-hybridized carbons (Fsp3) is 0.308. The van der Waals surface area contributed by atoms with Crippen LogP contribution in [-0.2, 0) is 6.54 Å². The number of aryl methyl sites for hydroxylation is 1. The van der Waals surface area contributed by atoms with Crippen LogP contribution in [0.1, 0.15) is 54.3 Å². The van der Waals surface area contributed by atoms with E-state index < -0.39 is 10.9 Å². The first-order chi connectivity index (χ1) is 16.9. The number of anilines is 3. The van der Waals surface area contributed by atoms with Crippen molar-refractivity contribution in [2.45, 2.75) is 40.3 Å². The van der Waals surface area contributed by atoms with Crippen molar-refractivity contribution in [3.63, 3.8) is 0 Å². The summed E-state index contributed by atoms with van der Waals surface area (Å²) >= 11 is 6.38.